The summed E-state index contributed by atoms with van der Waals surface area (Å²) in [5.41, 5.74) is 4.36. The molecule has 4 nitrogen and oxygen atoms in total. The second-order valence-electron chi connectivity index (χ2n) is 3.79. The second-order valence-corrected chi connectivity index (χ2v) is 3.79. The van der Waals surface area contributed by atoms with Gasteiger partial charge in [0.1, 0.15) is 0 Å². The summed E-state index contributed by atoms with van der Waals surface area (Å²) in [6.45, 7) is 5.30. The van der Waals surface area contributed by atoms with Gasteiger partial charge in [0.2, 0.25) is 0 Å². The number of amidine groups is 1. The molecule has 0 aromatic heterocycles. The fourth-order valence-corrected chi connectivity index (χ4v) is 1.32. The minimum atomic E-state index is -1.05. The van der Waals surface area contributed by atoms with Gasteiger partial charge in [-0.2, -0.15) is 0 Å². The Bertz CT molecular complexity index is 227. The lowest BCUT2D eigenvalue weighted by atomic mass is 9.95. The van der Waals surface area contributed by atoms with Crippen LogP contribution in [0.4, 0.5) is 0 Å². The molecule has 0 aliphatic rings. The van der Waals surface area contributed by atoms with Gasteiger partial charge in [-0.1, -0.05) is 26.2 Å². The van der Waals surface area contributed by atoms with Crippen molar-refractivity contribution >= 4 is 24.2 Å². The molecule has 3 N–H and O–H groups in total. The van der Waals surface area contributed by atoms with Crippen LogP contribution in [0.1, 0.15) is 46.5 Å². The third-order valence-electron chi connectivity index (χ3n) is 2.15. The lowest BCUT2D eigenvalue weighted by molar-refractivity contribution is -0.142. The van der Waals surface area contributed by atoms with Crippen LogP contribution in [0.5, 0.6) is 0 Å². The molecule has 0 amide bonds. The van der Waals surface area contributed by atoms with Crippen molar-refractivity contribution in [1.29, 1.82) is 0 Å². The largest absolute Gasteiger partial charge is 0.479 e. The molecule has 1 unspecified atom stereocenters. The molecule has 90 valence electrons. The van der Waals surface area contributed by atoms with E-state index in [0.29, 0.717) is 12.3 Å². The number of carboxylic acid groups (broad SMARTS) is 1. The number of hydrogen-bond donors (Lipinski definition) is 2. The SMILES string of the molecule is CCCCCC(C)(N=C(C)N)C(=O)O.Cl. The highest BCUT2D eigenvalue weighted by molar-refractivity contribution is 5.85. The Morgan fingerprint density at radius 2 is 2.00 bits per heavy atom. The Morgan fingerprint density at radius 1 is 1.47 bits per heavy atom. The molecule has 0 aromatic carbocycles. The molecular formula is C10H21ClN2O2. The van der Waals surface area contributed by atoms with Gasteiger partial charge < -0.3 is 10.8 Å². The molecule has 15 heavy (non-hydrogen) atoms. The van der Waals surface area contributed by atoms with Gasteiger partial charge in [-0.25, -0.2) is 4.79 Å². The van der Waals surface area contributed by atoms with E-state index in [1.165, 1.54) is 0 Å². The molecule has 5 heteroatoms. The Kier molecular flexibility index (Phi) is 8.34. The molecule has 0 aliphatic carbocycles. The van der Waals surface area contributed by atoms with Gasteiger partial charge in [-0.15, -0.1) is 12.4 Å². The van der Waals surface area contributed by atoms with E-state index in [-0.39, 0.29) is 12.4 Å². The Morgan fingerprint density at radius 3 is 2.33 bits per heavy atom. The molecule has 1 atom stereocenters. The quantitative estimate of drug-likeness (QED) is 0.422. The molecule has 0 saturated carbocycles. The van der Waals surface area contributed by atoms with Crippen LogP contribution in [-0.2, 0) is 4.79 Å². The van der Waals surface area contributed by atoms with E-state index in [9.17, 15) is 4.79 Å². The van der Waals surface area contributed by atoms with Gasteiger partial charge in [0.15, 0.2) is 5.54 Å². The van der Waals surface area contributed by atoms with E-state index in [0.717, 1.165) is 19.3 Å². The minimum Gasteiger partial charge on any atom is -0.479 e. The number of carbonyl (C=O) groups is 1. The molecule has 0 radical (unpaired) electrons. The van der Waals surface area contributed by atoms with E-state index in [1.54, 1.807) is 13.8 Å². The fraction of sp³-hybridized carbons (Fsp3) is 0.800. The number of nitrogens with zero attached hydrogens (tertiary/aromatic N) is 1. The average Bonchev–Trinajstić information content (AvgIpc) is 2.03. The number of aliphatic carboxylic acids is 1. The van der Waals surface area contributed by atoms with Gasteiger partial charge >= 0.3 is 5.97 Å². The van der Waals surface area contributed by atoms with E-state index in [4.69, 9.17) is 10.8 Å². The highest BCUT2D eigenvalue weighted by Gasteiger charge is 2.31. The van der Waals surface area contributed by atoms with Crippen LogP contribution in [0.2, 0.25) is 0 Å². The predicted molar refractivity (Wildman–Crippen MR) is 64.7 cm³/mol. The molecule has 0 aliphatic heterocycles. The van der Waals surface area contributed by atoms with Crippen molar-refractivity contribution in [3.05, 3.63) is 0 Å². The van der Waals surface area contributed by atoms with Crippen molar-refractivity contribution in [2.75, 3.05) is 0 Å². The highest BCUT2D eigenvalue weighted by atomic mass is 35.5. The van der Waals surface area contributed by atoms with Crippen LogP contribution in [0.15, 0.2) is 4.99 Å². The van der Waals surface area contributed by atoms with Gasteiger partial charge in [0.05, 0.1) is 5.84 Å². The predicted octanol–water partition coefficient (Wildman–Crippen LogP) is 2.21. The van der Waals surface area contributed by atoms with Gasteiger partial charge in [0, 0.05) is 0 Å². The Labute approximate surface area is 97.4 Å². The van der Waals surface area contributed by atoms with Gasteiger partial charge in [-0.3, -0.25) is 4.99 Å². The first kappa shape index (κ1) is 16.7. The summed E-state index contributed by atoms with van der Waals surface area (Å²) in [7, 11) is 0. The van der Waals surface area contributed by atoms with Crippen molar-refractivity contribution in [2.45, 2.75) is 52.0 Å². The van der Waals surface area contributed by atoms with E-state index in [2.05, 4.69) is 11.9 Å². The van der Waals surface area contributed by atoms with Crippen molar-refractivity contribution in [3.8, 4) is 0 Å². The number of unbranched alkanes of at least 4 members (excludes halogenated alkanes) is 2. The maximum atomic E-state index is 11.0. The maximum Gasteiger partial charge on any atom is 0.331 e. The third kappa shape index (κ3) is 6.33. The van der Waals surface area contributed by atoms with Crippen molar-refractivity contribution < 1.29 is 9.90 Å². The molecule has 0 aromatic rings. The number of halogens is 1. The summed E-state index contributed by atoms with van der Waals surface area (Å²) >= 11 is 0. The maximum absolute atomic E-state index is 11.0. The van der Waals surface area contributed by atoms with Crippen LogP contribution in [-0.4, -0.2) is 22.5 Å². The van der Waals surface area contributed by atoms with Crippen molar-refractivity contribution in [1.82, 2.24) is 0 Å². The standard InChI is InChI=1S/C10H20N2O2.ClH/c1-4-5-6-7-10(3,9(13)14)12-8(2)11;/h4-7H2,1-3H3,(H2,11,12)(H,13,14);1H. The minimum absolute atomic E-state index is 0. The number of aliphatic imine (C=N–C) groups is 1. The Balaban J connectivity index is 0. The second kappa shape index (κ2) is 7.51. The lowest BCUT2D eigenvalue weighted by Gasteiger charge is -2.20. The van der Waals surface area contributed by atoms with E-state index in [1.807, 2.05) is 0 Å². The first-order chi connectivity index (χ1) is 6.42. The van der Waals surface area contributed by atoms with Crippen LogP contribution < -0.4 is 5.73 Å². The van der Waals surface area contributed by atoms with Crippen LogP contribution in [0.3, 0.4) is 0 Å². The normalized spacial score (nSPS) is 15.3. The number of hydrogen-bond acceptors (Lipinski definition) is 2. The molecule has 0 bridgehead atoms. The zero-order valence-electron chi connectivity index (χ0n) is 9.62. The van der Waals surface area contributed by atoms with Gasteiger partial charge in [-0.05, 0) is 20.3 Å². The lowest BCUT2D eigenvalue weighted by Crippen LogP contribution is -2.35. The summed E-state index contributed by atoms with van der Waals surface area (Å²) in [6, 6.07) is 0. The molecule has 0 saturated heterocycles. The summed E-state index contributed by atoms with van der Waals surface area (Å²) in [5, 5.41) is 9.02. The van der Waals surface area contributed by atoms with E-state index < -0.39 is 11.5 Å². The zero-order valence-corrected chi connectivity index (χ0v) is 10.4. The van der Waals surface area contributed by atoms with Crippen LogP contribution in [0.25, 0.3) is 0 Å². The number of nitrogens with two attached hydrogens (primary N) is 1. The molecular weight excluding hydrogens is 216 g/mol. The number of carboxylic acids is 1. The fourth-order valence-electron chi connectivity index (χ4n) is 1.32. The van der Waals surface area contributed by atoms with Crippen molar-refractivity contribution in [3.63, 3.8) is 0 Å². The molecule has 0 heterocycles. The van der Waals surface area contributed by atoms with Gasteiger partial charge in [0.25, 0.3) is 0 Å². The van der Waals surface area contributed by atoms with Crippen LogP contribution in [0, 0.1) is 0 Å². The summed E-state index contributed by atoms with van der Waals surface area (Å²) in [5.74, 6) is -0.579. The van der Waals surface area contributed by atoms with E-state index >= 15 is 0 Å². The molecule has 0 rings (SSSR count). The average molecular weight is 237 g/mol. The molecule has 0 spiro atoms. The number of rotatable bonds is 6. The smallest absolute Gasteiger partial charge is 0.331 e. The topological polar surface area (TPSA) is 75.7 Å². The first-order valence-corrected chi connectivity index (χ1v) is 4.97. The Hall–Kier alpha value is -0.770. The monoisotopic (exact) mass is 236 g/mol. The highest BCUT2D eigenvalue weighted by Crippen LogP contribution is 2.19. The van der Waals surface area contributed by atoms with Crippen LogP contribution >= 0.6 is 12.4 Å². The zero-order chi connectivity index (χ0) is 11.2. The third-order valence-corrected chi connectivity index (χ3v) is 2.15. The first-order valence-electron chi connectivity index (χ1n) is 4.97. The summed E-state index contributed by atoms with van der Waals surface area (Å²) in [6.07, 6.45) is 3.52. The van der Waals surface area contributed by atoms with Crippen molar-refractivity contribution in [2.24, 2.45) is 10.7 Å². The molecule has 0 fully saturated rings. The summed E-state index contributed by atoms with van der Waals surface area (Å²) in [4.78, 5) is 15.0. The summed E-state index contributed by atoms with van der Waals surface area (Å²) < 4.78 is 0.